The summed E-state index contributed by atoms with van der Waals surface area (Å²) in [5.41, 5.74) is 4.80. The molecule has 2 aromatic rings. The Hall–Kier alpha value is -3.11. The van der Waals surface area contributed by atoms with E-state index in [0.717, 1.165) is 0 Å². The van der Waals surface area contributed by atoms with Crippen molar-refractivity contribution in [1.82, 2.24) is 4.90 Å². The van der Waals surface area contributed by atoms with Gasteiger partial charge in [-0.3, -0.25) is 0 Å². The fourth-order valence-electron chi connectivity index (χ4n) is 5.05. The fourth-order valence-corrected chi connectivity index (χ4v) is 5.05. The summed E-state index contributed by atoms with van der Waals surface area (Å²) in [5, 5.41) is 0. The van der Waals surface area contributed by atoms with E-state index in [4.69, 9.17) is 52.1 Å². The van der Waals surface area contributed by atoms with Crippen molar-refractivity contribution in [1.29, 1.82) is 0 Å². The lowest BCUT2D eigenvalue weighted by atomic mass is 9.98. The number of hydrogen-bond acceptors (Lipinski definition) is 12. The number of hydrogen-bond donors (Lipinski definition) is 0. The topological polar surface area (TPSA) is 122 Å². The normalized spacial score (nSPS) is 12.1. The van der Waals surface area contributed by atoms with Crippen LogP contribution in [0.5, 0.6) is 0 Å². The van der Waals surface area contributed by atoms with Crippen molar-refractivity contribution in [2.24, 2.45) is 0 Å². The van der Waals surface area contributed by atoms with E-state index >= 15 is 0 Å². The van der Waals surface area contributed by atoms with Crippen LogP contribution < -0.4 is 0 Å². The predicted molar refractivity (Wildman–Crippen MR) is 191 cm³/mol. The molecule has 0 saturated carbocycles. The largest absolute Gasteiger partial charge is 0.499 e. The zero-order valence-electron chi connectivity index (χ0n) is 30.2. The van der Waals surface area contributed by atoms with Crippen molar-refractivity contribution in [3.63, 3.8) is 0 Å². The molecule has 0 fully saturated rings. The SMILES string of the molecule is C=COCCOCCOCCOCCOCCOCCOCCOCCOCCOCCN(C)C(=O)OCC1c2ccccc2-c2ccccc21. The number of amides is 1. The number of nitrogens with zero attached hydrogens (tertiary/aromatic N) is 1. The monoisotopic (exact) mass is 719 g/mol. The van der Waals surface area contributed by atoms with Gasteiger partial charge in [-0.25, -0.2) is 4.79 Å². The van der Waals surface area contributed by atoms with Gasteiger partial charge in [0.05, 0.1) is 125 Å². The first-order valence-corrected chi connectivity index (χ1v) is 17.7. The zero-order chi connectivity index (χ0) is 36.0. The smallest absolute Gasteiger partial charge is 0.409 e. The molecule has 0 aliphatic heterocycles. The average molecular weight is 720 g/mol. The molecule has 0 N–H and O–H groups in total. The highest BCUT2D eigenvalue weighted by molar-refractivity contribution is 5.79. The number of rotatable bonds is 33. The maximum atomic E-state index is 12.6. The van der Waals surface area contributed by atoms with Crippen LogP contribution in [0.1, 0.15) is 17.0 Å². The Morgan fingerprint density at radius 3 is 1.25 bits per heavy atom. The van der Waals surface area contributed by atoms with Crippen molar-refractivity contribution in [3.05, 3.63) is 72.5 Å². The Bertz CT molecular complexity index is 1140. The summed E-state index contributed by atoms with van der Waals surface area (Å²) in [6.45, 7) is 13.4. The number of ether oxygens (including phenoxy) is 11. The summed E-state index contributed by atoms with van der Waals surface area (Å²) in [6.07, 6.45) is 1.03. The first-order valence-electron chi connectivity index (χ1n) is 17.7. The second-order valence-corrected chi connectivity index (χ2v) is 11.3. The molecule has 13 heteroatoms. The summed E-state index contributed by atoms with van der Waals surface area (Å²) in [5.74, 6) is 0.0395. The molecule has 51 heavy (non-hydrogen) atoms. The van der Waals surface area contributed by atoms with Crippen LogP contribution >= 0.6 is 0 Å². The Morgan fingerprint density at radius 2 is 0.882 bits per heavy atom. The van der Waals surface area contributed by atoms with Gasteiger partial charge in [-0.05, 0) is 22.3 Å². The van der Waals surface area contributed by atoms with Gasteiger partial charge in [0, 0.05) is 19.5 Å². The number of fused-ring (bicyclic) bond motifs is 3. The molecular formula is C38H57NO12. The van der Waals surface area contributed by atoms with E-state index in [2.05, 4.69) is 30.8 Å². The summed E-state index contributed by atoms with van der Waals surface area (Å²) < 4.78 is 59.9. The van der Waals surface area contributed by atoms with Crippen LogP contribution in [0.4, 0.5) is 4.79 Å². The molecule has 0 aromatic heterocycles. The highest BCUT2D eigenvalue weighted by Crippen LogP contribution is 2.44. The van der Waals surface area contributed by atoms with Crippen molar-refractivity contribution >= 4 is 6.09 Å². The molecule has 1 aliphatic carbocycles. The maximum Gasteiger partial charge on any atom is 0.409 e. The second kappa shape index (κ2) is 28.5. The summed E-state index contributed by atoms with van der Waals surface area (Å²) in [4.78, 5) is 14.1. The van der Waals surface area contributed by atoms with Crippen LogP contribution in [0, 0.1) is 0 Å². The van der Waals surface area contributed by atoms with Crippen LogP contribution in [0.15, 0.2) is 61.4 Å². The predicted octanol–water partition coefficient (Wildman–Crippen LogP) is 4.18. The Labute approximate surface area is 302 Å². The number of benzene rings is 2. The molecule has 0 heterocycles. The van der Waals surface area contributed by atoms with Gasteiger partial charge >= 0.3 is 6.09 Å². The van der Waals surface area contributed by atoms with Gasteiger partial charge in [-0.1, -0.05) is 55.1 Å². The molecule has 0 saturated heterocycles. The maximum absolute atomic E-state index is 12.6. The van der Waals surface area contributed by atoms with Crippen LogP contribution in [-0.4, -0.2) is 157 Å². The Kier molecular flexibility index (Phi) is 23.6. The first-order chi connectivity index (χ1) is 25.2. The summed E-state index contributed by atoms with van der Waals surface area (Å²) >= 11 is 0. The van der Waals surface area contributed by atoms with Crippen LogP contribution in [0.3, 0.4) is 0 Å². The summed E-state index contributed by atoms with van der Waals surface area (Å²) in [6, 6.07) is 16.6. The van der Waals surface area contributed by atoms with E-state index in [1.54, 1.807) is 7.05 Å². The minimum atomic E-state index is -0.364. The Morgan fingerprint density at radius 1 is 0.549 bits per heavy atom. The number of carbonyl (C=O) groups excluding carboxylic acids is 1. The van der Waals surface area contributed by atoms with Gasteiger partial charge in [0.25, 0.3) is 0 Å². The third-order valence-electron chi connectivity index (χ3n) is 7.66. The van der Waals surface area contributed by atoms with E-state index in [1.807, 2.05) is 24.3 Å². The molecule has 0 bridgehead atoms. The van der Waals surface area contributed by atoms with E-state index in [1.165, 1.54) is 33.4 Å². The zero-order valence-corrected chi connectivity index (χ0v) is 30.2. The molecule has 286 valence electrons. The van der Waals surface area contributed by atoms with Crippen LogP contribution in [0.2, 0.25) is 0 Å². The second-order valence-electron chi connectivity index (χ2n) is 11.3. The van der Waals surface area contributed by atoms with Crippen molar-refractivity contribution < 1.29 is 56.9 Å². The lowest BCUT2D eigenvalue weighted by Gasteiger charge is -2.19. The first kappa shape index (κ1) is 42.3. The molecule has 13 nitrogen and oxygen atoms in total. The molecule has 1 aliphatic rings. The third kappa shape index (κ3) is 18.3. The molecule has 1 amide bonds. The molecule has 0 unspecified atom stereocenters. The lowest BCUT2D eigenvalue weighted by Crippen LogP contribution is -2.32. The quantitative estimate of drug-likeness (QED) is 0.0778. The average Bonchev–Trinajstić information content (AvgIpc) is 3.47. The highest BCUT2D eigenvalue weighted by Gasteiger charge is 2.29. The highest BCUT2D eigenvalue weighted by atomic mass is 16.6. The standard InChI is InChI=1S/C38H57NO12/c1-3-41-14-15-43-18-19-45-22-23-47-26-27-49-30-31-50-29-28-48-25-24-46-21-20-44-17-16-42-13-12-39(2)38(40)51-32-37-35-10-6-4-8-33(35)34-9-5-7-11-36(34)37/h3-11,37H,1,12-32H2,2H3. The minimum absolute atomic E-state index is 0.0395. The molecule has 3 rings (SSSR count). The van der Waals surface area contributed by atoms with Crippen LogP contribution in [-0.2, 0) is 52.1 Å². The molecule has 2 aromatic carbocycles. The molecule has 0 radical (unpaired) electrons. The van der Waals surface area contributed by atoms with E-state index in [0.29, 0.717) is 139 Å². The number of carbonyl (C=O) groups is 1. The van der Waals surface area contributed by atoms with E-state index < -0.39 is 0 Å². The van der Waals surface area contributed by atoms with Crippen molar-refractivity contribution in [2.45, 2.75) is 5.92 Å². The molecular weight excluding hydrogens is 662 g/mol. The van der Waals surface area contributed by atoms with Gasteiger partial charge in [-0.2, -0.15) is 0 Å². The van der Waals surface area contributed by atoms with Crippen molar-refractivity contribution in [3.8, 4) is 11.1 Å². The van der Waals surface area contributed by atoms with E-state index in [9.17, 15) is 4.79 Å². The van der Waals surface area contributed by atoms with Gasteiger partial charge < -0.3 is 57.0 Å². The molecule has 0 atom stereocenters. The third-order valence-corrected chi connectivity index (χ3v) is 7.66. The molecule has 0 spiro atoms. The Balaban J connectivity index is 0.996. The lowest BCUT2D eigenvalue weighted by molar-refractivity contribution is -0.0257. The van der Waals surface area contributed by atoms with Gasteiger partial charge in [0.15, 0.2) is 0 Å². The minimum Gasteiger partial charge on any atom is -0.499 e. The van der Waals surface area contributed by atoms with Crippen molar-refractivity contribution in [2.75, 3.05) is 146 Å². The van der Waals surface area contributed by atoms with Gasteiger partial charge in [0.2, 0.25) is 0 Å². The van der Waals surface area contributed by atoms with Gasteiger partial charge in [0.1, 0.15) is 13.2 Å². The fraction of sp³-hybridized carbons (Fsp3) is 0.605. The van der Waals surface area contributed by atoms with Gasteiger partial charge in [-0.15, -0.1) is 0 Å². The van der Waals surface area contributed by atoms with Crippen LogP contribution in [0.25, 0.3) is 11.1 Å². The summed E-state index contributed by atoms with van der Waals surface area (Å²) in [7, 11) is 1.71. The number of likely N-dealkylation sites (N-methyl/N-ethyl adjacent to an activating group) is 1. The van der Waals surface area contributed by atoms with E-state index in [-0.39, 0.29) is 12.0 Å².